The van der Waals surface area contributed by atoms with Crippen molar-refractivity contribution in [1.29, 1.82) is 5.26 Å². The number of hydrogen-bond acceptors (Lipinski definition) is 9. The lowest BCUT2D eigenvalue weighted by Gasteiger charge is -2.39. The van der Waals surface area contributed by atoms with Crippen molar-refractivity contribution in [1.82, 2.24) is 15.0 Å². The number of halogens is 3. The molecule has 0 saturated carbocycles. The quantitative estimate of drug-likeness (QED) is 0.186. The summed E-state index contributed by atoms with van der Waals surface area (Å²) in [5.41, 5.74) is 2.16. The third kappa shape index (κ3) is 7.09. The predicted molar refractivity (Wildman–Crippen MR) is 161 cm³/mol. The lowest BCUT2D eigenvalue weighted by molar-refractivity contribution is -0.141. The van der Waals surface area contributed by atoms with Gasteiger partial charge in [0.25, 0.3) is 0 Å². The Labute approximate surface area is 251 Å². The lowest BCUT2D eigenvalue weighted by Crippen LogP contribution is -2.45. The first kappa shape index (κ1) is 32.2. The lowest BCUT2D eigenvalue weighted by atomic mass is 9.83. The molecule has 0 bridgehead atoms. The summed E-state index contributed by atoms with van der Waals surface area (Å²) in [5, 5.41) is 16.4. The summed E-state index contributed by atoms with van der Waals surface area (Å²) in [6.07, 6.45) is -3.11. The Morgan fingerprint density at radius 3 is 2.51 bits per heavy atom. The van der Waals surface area contributed by atoms with E-state index in [0.29, 0.717) is 30.0 Å². The predicted octanol–water partition coefficient (Wildman–Crippen LogP) is 6.90. The molecule has 2 aromatic heterocycles. The van der Waals surface area contributed by atoms with Crippen LogP contribution < -0.4 is 15.4 Å². The molecule has 3 heterocycles. The average Bonchev–Trinajstić information content (AvgIpc) is 3.28. The Hall–Kier alpha value is -3.73. The highest BCUT2D eigenvalue weighted by Crippen LogP contribution is 2.44. The molecular formula is C30H37F3N6O3Si. The van der Waals surface area contributed by atoms with Crippen LogP contribution in [0.4, 0.5) is 30.5 Å². The summed E-state index contributed by atoms with van der Waals surface area (Å²) in [7, 11) is -0.564. The zero-order valence-electron chi connectivity index (χ0n) is 25.4. The molecule has 0 saturated heterocycles. The molecule has 1 aromatic carbocycles. The van der Waals surface area contributed by atoms with Gasteiger partial charge in [0.15, 0.2) is 8.32 Å². The van der Waals surface area contributed by atoms with E-state index < -0.39 is 20.2 Å². The minimum absolute atomic E-state index is 0.00160. The summed E-state index contributed by atoms with van der Waals surface area (Å²) in [5.74, 6) is -0.134. The van der Waals surface area contributed by atoms with Crippen molar-refractivity contribution in [3.8, 4) is 23.2 Å². The molecule has 4 rings (SSSR count). The van der Waals surface area contributed by atoms with Crippen molar-refractivity contribution in [3.05, 3.63) is 53.3 Å². The van der Waals surface area contributed by atoms with E-state index in [0.717, 1.165) is 17.3 Å². The van der Waals surface area contributed by atoms with Gasteiger partial charge in [0.2, 0.25) is 11.8 Å². The van der Waals surface area contributed by atoms with Gasteiger partial charge in [0.1, 0.15) is 24.1 Å². The van der Waals surface area contributed by atoms with Crippen molar-refractivity contribution in [2.75, 3.05) is 44.1 Å². The fourth-order valence-corrected chi connectivity index (χ4v) is 5.45. The van der Waals surface area contributed by atoms with Crippen LogP contribution in [0.25, 0.3) is 11.3 Å². The number of nitrogens with one attached hydrogen (secondary N) is 2. The molecule has 0 aliphatic carbocycles. The van der Waals surface area contributed by atoms with Crippen LogP contribution in [0.3, 0.4) is 0 Å². The molecule has 0 fully saturated rings. The number of ether oxygens (including phenoxy) is 2. The van der Waals surface area contributed by atoms with Gasteiger partial charge < -0.3 is 24.5 Å². The number of alkyl halides is 3. The van der Waals surface area contributed by atoms with Gasteiger partial charge in [-0.2, -0.15) is 18.4 Å². The number of nitriles is 1. The van der Waals surface area contributed by atoms with E-state index in [-0.39, 0.29) is 41.2 Å². The molecule has 43 heavy (non-hydrogen) atoms. The van der Waals surface area contributed by atoms with E-state index in [1.165, 1.54) is 19.4 Å². The highest BCUT2D eigenvalue weighted by Gasteiger charge is 2.42. The van der Waals surface area contributed by atoms with Gasteiger partial charge in [0, 0.05) is 37.4 Å². The van der Waals surface area contributed by atoms with Crippen molar-refractivity contribution in [2.45, 2.75) is 57.4 Å². The normalized spacial score (nSPS) is 16.8. The van der Waals surface area contributed by atoms with Crippen LogP contribution in [0.2, 0.25) is 18.1 Å². The first-order valence-corrected chi connectivity index (χ1v) is 16.8. The first-order valence-electron chi connectivity index (χ1n) is 13.8. The van der Waals surface area contributed by atoms with Gasteiger partial charge in [0.05, 0.1) is 23.6 Å². The van der Waals surface area contributed by atoms with Crippen LogP contribution in [0, 0.1) is 11.3 Å². The molecule has 2 N–H and O–H groups in total. The molecule has 13 heteroatoms. The van der Waals surface area contributed by atoms with Crippen LogP contribution in [-0.2, 0) is 20.8 Å². The topological polar surface area (TPSA) is 114 Å². The molecule has 1 atom stereocenters. The van der Waals surface area contributed by atoms with E-state index >= 15 is 0 Å². The summed E-state index contributed by atoms with van der Waals surface area (Å²) < 4.78 is 56.9. The van der Waals surface area contributed by atoms with Crippen molar-refractivity contribution >= 4 is 25.6 Å². The molecule has 1 aliphatic heterocycles. The minimum atomic E-state index is -4.64. The fraction of sp³-hybridized carbons (Fsp3) is 0.467. The number of fused-ring (bicyclic) bond motifs is 1. The fourth-order valence-electron chi connectivity index (χ4n) is 4.33. The van der Waals surface area contributed by atoms with E-state index in [1.54, 1.807) is 12.1 Å². The van der Waals surface area contributed by atoms with Crippen molar-refractivity contribution < 1.29 is 27.1 Å². The second kappa shape index (κ2) is 12.1. The second-order valence-corrected chi connectivity index (χ2v) is 17.1. The molecule has 0 radical (unpaired) electrons. The largest absolute Gasteiger partial charge is 0.474 e. The molecule has 9 nitrogen and oxygen atoms in total. The maximum Gasteiger partial charge on any atom is 0.433 e. The Morgan fingerprint density at radius 2 is 1.86 bits per heavy atom. The highest BCUT2D eigenvalue weighted by molar-refractivity contribution is 6.74. The Kier molecular flexibility index (Phi) is 9.06. The Bertz CT molecular complexity index is 1520. The second-order valence-electron chi connectivity index (χ2n) is 12.3. The van der Waals surface area contributed by atoms with Crippen LogP contribution in [0.5, 0.6) is 5.88 Å². The number of rotatable bonds is 10. The van der Waals surface area contributed by atoms with Crippen LogP contribution in [0.15, 0.2) is 36.5 Å². The maximum absolute atomic E-state index is 13.3. The van der Waals surface area contributed by atoms with E-state index in [1.807, 2.05) is 6.07 Å². The first-order chi connectivity index (χ1) is 20.1. The van der Waals surface area contributed by atoms with Gasteiger partial charge in [-0.05, 0) is 54.0 Å². The number of anilines is 3. The zero-order chi connectivity index (χ0) is 31.6. The van der Waals surface area contributed by atoms with E-state index in [9.17, 15) is 18.4 Å². The maximum atomic E-state index is 13.3. The Balaban J connectivity index is 1.66. The van der Waals surface area contributed by atoms with Gasteiger partial charge in [-0.15, -0.1) is 0 Å². The van der Waals surface area contributed by atoms with Crippen LogP contribution in [-0.4, -0.2) is 56.7 Å². The number of pyridine rings is 1. The third-order valence-corrected chi connectivity index (χ3v) is 12.5. The average molecular weight is 615 g/mol. The number of hydrogen-bond donors (Lipinski definition) is 2. The molecule has 0 unspecified atom stereocenters. The third-order valence-electron chi connectivity index (χ3n) is 8.00. The summed E-state index contributed by atoms with van der Waals surface area (Å²) in [6, 6.07) is 9.85. The molecule has 0 amide bonds. The molecule has 0 spiro atoms. The summed E-state index contributed by atoms with van der Waals surface area (Å²) in [6.45, 7) is 14.4. The molecular weight excluding hydrogens is 577 g/mol. The van der Waals surface area contributed by atoms with E-state index in [4.69, 9.17) is 13.9 Å². The summed E-state index contributed by atoms with van der Waals surface area (Å²) >= 11 is 0. The molecule has 230 valence electrons. The van der Waals surface area contributed by atoms with Gasteiger partial charge in [-0.25, -0.2) is 15.0 Å². The standard InChI is InChI=1S/C30H37F3N6O3Si/c1-28(2,3)43(6,7)42-18-29(4)17-36-25-20(16-34)14-19(15-21(25)29)22-10-11-35-27(37-22)38-23-8-9-24(30(31,32)33)39-26(23)41-13-12-40-5/h8-11,14-15,36H,12-13,17-18H2,1-7H3,(H,35,37,38)/t29-/m1/s1. The monoisotopic (exact) mass is 614 g/mol. The number of nitrogens with zero attached hydrogens (tertiary/aromatic N) is 4. The number of aromatic nitrogens is 3. The Morgan fingerprint density at radius 1 is 1.12 bits per heavy atom. The van der Waals surface area contributed by atoms with E-state index in [2.05, 4.69) is 72.4 Å². The molecule has 1 aliphatic rings. The number of methoxy groups -OCH3 is 1. The zero-order valence-corrected chi connectivity index (χ0v) is 26.4. The number of benzene rings is 1. The summed E-state index contributed by atoms with van der Waals surface area (Å²) in [4.78, 5) is 12.5. The van der Waals surface area contributed by atoms with Crippen molar-refractivity contribution in [2.24, 2.45) is 0 Å². The smallest absolute Gasteiger partial charge is 0.433 e. The SMILES string of the molecule is COCCOc1nc(C(F)(F)F)ccc1Nc1nccc(-c2cc(C#N)c3c(c2)[C@@](C)(CO[Si](C)(C)C(C)(C)C)CN3)n1. The highest BCUT2D eigenvalue weighted by atomic mass is 28.4. The van der Waals surface area contributed by atoms with Gasteiger partial charge in [-0.3, -0.25) is 0 Å². The van der Waals surface area contributed by atoms with Gasteiger partial charge in [-0.1, -0.05) is 27.7 Å². The van der Waals surface area contributed by atoms with Crippen LogP contribution in [0.1, 0.15) is 44.5 Å². The van der Waals surface area contributed by atoms with Crippen molar-refractivity contribution in [3.63, 3.8) is 0 Å². The minimum Gasteiger partial charge on any atom is -0.474 e. The van der Waals surface area contributed by atoms with Crippen LogP contribution >= 0.6 is 0 Å². The van der Waals surface area contributed by atoms with Gasteiger partial charge >= 0.3 is 6.18 Å². The molecule has 3 aromatic rings.